The minimum atomic E-state index is -0.440. The number of carbonyl (C=O) groups is 1. The number of thiophene rings is 1. The zero-order valence-corrected chi connectivity index (χ0v) is 19.7. The molecule has 2 aromatic carbocycles. The van der Waals surface area contributed by atoms with E-state index in [9.17, 15) is 4.79 Å². The van der Waals surface area contributed by atoms with Crippen molar-refractivity contribution in [1.29, 1.82) is 5.26 Å². The van der Waals surface area contributed by atoms with Crippen molar-refractivity contribution >= 4 is 38.1 Å². The van der Waals surface area contributed by atoms with Gasteiger partial charge in [-0.15, -0.1) is 11.3 Å². The van der Waals surface area contributed by atoms with Crippen molar-refractivity contribution in [3.8, 4) is 17.6 Å². The molecule has 0 aliphatic carbocycles. The quantitative estimate of drug-likeness (QED) is 0.517. The summed E-state index contributed by atoms with van der Waals surface area (Å²) in [7, 11) is 0. The van der Waals surface area contributed by atoms with Gasteiger partial charge in [0.25, 0.3) is 0 Å². The molecular formula is C25H27N5O3S. The summed E-state index contributed by atoms with van der Waals surface area (Å²) >= 11 is 1.53. The molecule has 0 atom stereocenters. The normalized spacial score (nSPS) is 15.4. The molecule has 2 amide bonds. The van der Waals surface area contributed by atoms with Gasteiger partial charge in [-0.2, -0.15) is 5.26 Å². The Morgan fingerprint density at radius 2 is 1.88 bits per heavy atom. The summed E-state index contributed by atoms with van der Waals surface area (Å²) in [6, 6.07) is 15.4. The van der Waals surface area contributed by atoms with Gasteiger partial charge in [-0.25, -0.2) is 4.79 Å². The zero-order valence-electron chi connectivity index (χ0n) is 18.9. The Balaban J connectivity index is 1.10. The maximum absolute atomic E-state index is 12.1. The van der Waals surface area contributed by atoms with Crippen molar-refractivity contribution in [3.05, 3.63) is 48.0 Å². The van der Waals surface area contributed by atoms with Gasteiger partial charge < -0.3 is 20.1 Å². The summed E-state index contributed by atoms with van der Waals surface area (Å²) < 4.78 is 12.0. The Morgan fingerprint density at radius 3 is 2.68 bits per heavy atom. The molecule has 2 N–H and O–H groups in total. The summed E-state index contributed by atoms with van der Waals surface area (Å²) in [4.78, 5) is 18.6. The van der Waals surface area contributed by atoms with Crippen molar-refractivity contribution < 1.29 is 14.3 Å². The van der Waals surface area contributed by atoms with Crippen molar-refractivity contribution in [3.63, 3.8) is 0 Å². The molecule has 0 saturated carbocycles. The number of primary amides is 1. The van der Waals surface area contributed by atoms with Gasteiger partial charge in [-0.3, -0.25) is 9.80 Å². The fourth-order valence-corrected chi connectivity index (χ4v) is 5.55. The Kier molecular flexibility index (Phi) is 6.43. The van der Waals surface area contributed by atoms with E-state index in [2.05, 4.69) is 28.0 Å². The molecule has 2 aliphatic rings. The molecule has 3 heterocycles. The standard InChI is InChI=1S/C25H27N5O3S/c26-16-18-3-6-23-19(13-18)14-24(34-23)30(25(27)31)8-2-1-7-28-9-11-29(12-10-28)20-4-5-21-22(15-20)33-17-32-21/h3-6,13-15H,1-2,7-12,17H2,(H2,27,31). The fraction of sp³-hybridized carbons (Fsp3) is 0.360. The summed E-state index contributed by atoms with van der Waals surface area (Å²) in [6.07, 6.45) is 1.88. The molecule has 0 spiro atoms. The van der Waals surface area contributed by atoms with Crippen LogP contribution in [0.4, 0.5) is 15.5 Å². The first kappa shape index (κ1) is 22.3. The summed E-state index contributed by atoms with van der Waals surface area (Å²) in [5, 5.41) is 10.9. The minimum Gasteiger partial charge on any atom is -0.454 e. The van der Waals surface area contributed by atoms with E-state index < -0.39 is 6.03 Å². The first-order chi connectivity index (χ1) is 16.6. The lowest BCUT2D eigenvalue weighted by Crippen LogP contribution is -2.46. The number of benzene rings is 2. The number of anilines is 2. The average molecular weight is 478 g/mol. The van der Waals surface area contributed by atoms with Crippen molar-refractivity contribution in [1.82, 2.24) is 4.90 Å². The Hall–Kier alpha value is -3.48. The number of urea groups is 1. The average Bonchev–Trinajstić information content (AvgIpc) is 3.49. The number of nitrogens with zero attached hydrogens (tertiary/aromatic N) is 4. The van der Waals surface area contributed by atoms with Crippen molar-refractivity contribution in [2.75, 3.05) is 55.9 Å². The smallest absolute Gasteiger partial charge is 0.319 e. The molecule has 9 heteroatoms. The third-order valence-electron chi connectivity index (χ3n) is 6.36. The molecule has 176 valence electrons. The highest BCUT2D eigenvalue weighted by Gasteiger charge is 2.21. The monoisotopic (exact) mass is 477 g/mol. The van der Waals surface area contributed by atoms with Crippen LogP contribution in [-0.4, -0.2) is 57.0 Å². The number of nitrogens with two attached hydrogens (primary N) is 1. The summed E-state index contributed by atoms with van der Waals surface area (Å²) in [5.74, 6) is 1.64. The molecule has 8 nitrogen and oxygen atoms in total. The van der Waals surface area contributed by atoms with Gasteiger partial charge in [0.1, 0.15) is 5.00 Å². The number of nitriles is 1. The fourth-order valence-electron chi connectivity index (χ4n) is 4.48. The van der Waals surface area contributed by atoms with E-state index in [-0.39, 0.29) is 0 Å². The van der Waals surface area contributed by atoms with Crippen LogP contribution < -0.4 is 25.0 Å². The zero-order chi connectivity index (χ0) is 23.5. The van der Waals surface area contributed by atoms with Gasteiger partial charge in [-0.1, -0.05) is 0 Å². The molecule has 1 aromatic heterocycles. The van der Waals surface area contributed by atoms with Crippen LogP contribution in [0.1, 0.15) is 18.4 Å². The number of fused-ring (bicyclic) bond motifs is 2. The first-order valence-electron chi connectivity index (χ1n) is 11.5. The maximum Gasteiger partial charge on any atom is 0.319 e. The molecule has 0 unspecified atom stereocenters. The molecular weight excluding hydrogens is 450 g/mol. The summed E-state index contributed by atoms with van der Waals surface area (Å²) in [5.41, 5.74) is 7.47. The lowest BCUT2D eigenvalue weighted by Gasteiger charge is -2.36. The third-order valence-corrected chi connectivity index (χ3v) is 7.50. The van der Waals surface area contributed by atoms with Gasteiger partial charge in [-0.05, 0) is 61.2 Å². The minimum absolute atomic E-state index is 0.296. The number of rotatable bonds is 7. The lowest BCUT2D eigenvalue weighted by atomic mass is 10.2. The number of unbranched alkanes of at least 4 members (excludes halogenated alkanes) is 1. The number of piperazine rings is 1. The predicted molar refractivity (Wildman–Crippen MR) is 134 cm³/mol. The second-order valence-electron chi connectivity index (χ2n) is 8.51. The number of hydrogen-bond donors (Lipinski definition) is 1. The largest absolute Gasteiger partial charge is 0.454 e. The molecule has 0 bridgehead atoms. The molecule has 5 rings (SSSR count). The highest BCUT2D eigenvalue weighted by atomic mass is 32.1. The Bertz CT molecular complexity index is 1230. The molecule has 1 saturated heterocycles. The molecule has 1 fully saturated rings. The SMILES string of the molecule is N#Cc1ccc2sc(N(CCCCN3CCN(c4ccc5c(c4)OCO5)CC3)C(N)=O)cc2c1. The maximum atomic E-state index is 12.1. The van der Waals surface area contributed by atoms with Crippen molar-refractivity contribution in [2.45, 2.75) is 12.8 Å². The van der Waals surface area contributed by atoms with Gasteiger partial charge in [0.2, 0.25) is 6.79 Å². The van der Waals surface area contributed by atoms with Crippen LogP contribution in [-0.2, 0) is 0 Å². The van der Waals surface area contributed by atoms with Crippen LogP contribution in [0.15, 0.2) is 42.5 Å². The Labute approximate surface area is 202 Å². The van der Waals surface area contributed by atoms with E-state index in [4.69, 9.17) is 20.5 Å². The number of hydrogen-bond acceptors (Lipinski definition) is 7. The lowest BCUT2D eigenvalue weighted by molar-refractivity contribution is 0.174. The number of carbonyl (C=O) groups excluding carboxylic acids is 1. The summed E-state index contributed by atoms with van der Waals surface area (Å²) in [6.45, 7) is 5.84. The third kappa shape index (κ3) is 4.74. The van der Waals surface area contributed by atoms with E-state index in [0.29, 0.717) is 18.9 Å². The van der Waals surface area contributed by atoms with Crippen LogP contribution in [0.3, 0.4) is 0 Å². The topological polar surface area (TPSA) is 95.1 Å². The van der Waals surface area contributed by atoms with E-state index >= 15 is 0 Å². The number of ether oxygens (including phenoxy) is 2. The second kappa shape index (κ2) is 9.79. The van der Waals surface area contributed by atoms with Gasteiger partial charge in [0.15, 0.2) is 11.5 Å². The first-order valence-corrected chi connectivity index (χ1v) is 12.3. The van der Waals surface area contributed by atoms with Crippen LogP contribution in [0.2, 0.25) is 0 Å². The second-order valence-corrected chi connectivity index (χ2v) is 9.57. The van der Waals surface area contributed by atoms with E-state index in [1.165, 1.54) is 17.0 Å². The molecule has 2 aliphatic heterocycles. The van der Waals surface area contributed by atoms with Gasteiger partial charge >= 0.3 is 6.03 Å². The van der Waals surface area contributed by atoms with Crippen LogP contribution in [0, 0.1) is 11.3 Å². The molecule has 0 radical (unpaired) electrons. The van der Waals surface area contributed by atoms with E-state index in [0.717, 1.165) is 72.2 Å². The highest BCUT2D eigenvalue weighted by Crippen LogP contribution is 2.36. The van der Waals surface area contributed by atoms with Crippen LogP contribution in [0.25, 0.3) is 10.1 Å². The van der Waals surface area contributed by atoms with Gasteiger partial charge in [0, 0.05) is 49.2 Å². The highest BCUT2D eigenvalue weighted by molar-refractivity contribution is 7.23. The van der Waals surface area contributed by atoms with Gasteiger partial charge in [0.05, 0.1) is 11.6 Å². The number of amides is 2. The predicted octanol–water partition coefficient (Wildman–Crippen LogP) is 3.99. The van der Waals surface area contributed by atoms with Crippen LogP contribution >= 0.6 is 11.3 Å². The Morgan fingerprint density at radius 1 is 1.06 bits per heavy atom. The molecule has 3 aromatic rings. The molecule has 34 heavy (non-hydrogen) atoms. The van der Waals surface area contributed by atoms with E-state index in [1.807, 2.05) is 24.3 Å². The van der Waals surface area contributed by atoms with Crippen molar-refractivity contribution in [2.24, 2.45) is 5.73 Å². The van der Waals surface area contributed by atoms with Crippen LogP contribution in [0.5, 0.6) is 11.5 Å². The van der Waals surface area contributed by atoms with E-state index in [1.54, 1.807) is 11.0 Å².